The minimum atomic E-state index is -0.904. The van der Waals surface area contributed by atoms with Crippen molar-refractivity contribution >= 4 is 24.2 Å². The molecule has 4 rings (SSSR count). The molecule has 2 amide bonds. The predicted octanol–water partition coefficient (Wildman–Crippen LogP) is 4.08. The maximum absolute atomic E-state index is 13.5. The smallest absolute Gasteiger partial charge is 0.248 e. The van der Waals surface area contributed by atoms with Crippen molar-refractivity contribution in [3.63, 3.8) is 0 Å². The molecule has 2 heterocycles. The number of aliphatic hydroxyl groups excluding tert-OH is 1. The number of halogens is 1. The fourth-order valence-corrected chi connectivity index (χ4v) is 5.24. The zero-order chi connectivity index (χ0) is 26.6. The number of nitrogens with zero attached hydrogens (tertiary/aromatic N) is 2. The number of aromatic hydroxyl groups is 1. The van der Waals surface area contributed by atoms with Gasteiger partial charge in [-0.25, -0.2) is 0 Å². The minimum absolute atomic E-state index is 0. The van der Waals surface area contributed by atoms with Crippen LogP contribution in [-0.2, 0) is 16.1 Å². The SMILES string of the molecule is CCCCN1C(=O)[C@@H]([C@H](O)C(C)C)NC(=O)C12CCN(Cc1ccc(Oc3ccc(O)cc3)cc1)CC2.Cl. The number of rotatable bonds is 9. The first-order valence-corrected chi connectivity index (χ1v) is 13.3. The normalized spacial score (nSPS) is 20.2. The van der Waals surface area contributed by atoms with Gasteiger partial charge >= 0.3 is 0 Å². The molecule has 2 atom stereocenters. The van der Waals surface area contributed by atoms with Gasteiger partial charge in [0.1, 0.15) is 28.8 Å². The summed E-state index contributed by atoms with van der Waals surface area (Å²) in [7, 11) is 0. The van der Waals surface area contributed by atoms with Crippen molar-refractivity contribution in [2.24, 2.45) is 5.92 Å². The summed E-state index contributed by atoms with van der Waals surface area (Å²) in [6, 6.07) is 13.6. The summed E-state index contributed by atoms with van der Waals surface area (Å²) >= 11 is 0. The number of amides is 2. The van der Waals surface area contributed by atoms with E-state index in [1.165, 1.54) is 0 Å². The Hall–Kier alpha value is -2.81. The maximum Gasteiger partial charge on any atom is 0.248 e. The van der Waals surface area contributed by atoms with Crippen LogP contribution in [-0.4, -0.2) is 69.1 Å². The number of carbonyl (C=O) groups excluding carboxylic acids is 2. The maximum atomic E-state index is 13.5. The molecular formula is C29H40ClN3O5. The molecule has 0 bridgehead atoms. The van der Waals surface area contributed by atoms with Gasteiger partial charge in [0.15, 0.2) is 0 Å². The number of ether oxygens (including phenoxy) is 1. The molecule has 2 aromatic carbocycles. The summed E-state index contributed by atoms with van der Waals surface area (Å²) in [6.45, 7) is 8.47. The molecule has 0 saturated carbocycles. The Morgan fingerprint density at radius 2 is 1.61 bits per heavy atom. The Morgan fingerprint density at radius 3 is 2.16 bits per heavy atom. The van der Waals surface area contributed by atoms with Crippen LogP contribution in [0.3, 0.4) is 0 Å². The predicted molar refractivity (Wildman–Crippen MR) is 149 cm³/mol. The first-order valence-electron chi connectivity index (χ1n) is 13.3. The largest absolute Gasteiger partial charge is 0.508 e. The van der Waals surface area contributed by atoms with Crippen LogP contribution < -0.4 is 10.1 Å². The van der Waals surface area contributed by atoms with Crippen molar-refractivity contribution < 1.29 is 24.5 Å². The highest BCUT2D eigenvalue weighted by molar-refractivity contribution is 6.00. The molecule has 2 saturated heterocycles. The number of aliphatic hydroxyl groups is 1. The van der Waals surface area contributed by atoms with Crippen LogP contribution in [0.25, 0.3) is 0 Å². The van der Waals surface area contributed by atoms with Crippen LogP contribution in [0, 0.1) is 5.92 Å². The van der Waals surface area contributed by atoms with Gasteiger partial charge in [-0.2, -0.15) is 0 Å². The van der Waals surface area contributed by atoms with E-state index in [1.54, 1.807) is 29.2 Å². The van der Waals surface area contributed by atoms with Gasteiger partial charge in [-0.05, 0) is 67.1 Å². The fourth-order valence-electron chi connectivity index (χ4n) is 5.24. The van der Waals surface area contributed by atoms with Crippen molar-refractivity contribution in [2.45, 2.75) is 70.7 Å². The second-order valence-corrected chi connectivity index (χ2v) is 10.6. The standard InChI is InChI=1S/C29H39N3O5.ClH/c1-4-5-16-32-27(35)25(26(34)20(2)3)30-28(36)29(32)14-17-31(18-15-29)19-21-6-10-23(11-7-21)37-24-12-8-22(33)9-13-24;/h6-13,20,25-26,33-34H,4-5,14-19H2,1-3H3,(H,30,36);1H/t25-,26-;/m1./s1. The fraction of sp³-hybridized carbons (Fsp3) is 0.517. The van der Waals surface area contributed by atoms with Gasteiger partial charge in [0.25, 0.3) is 0 Å². The molecule has 2 aliphatic heterocycles. The number of nitrogens with one attached hydrogen (secondary N) is 1. The Balaban J connectivity index is 0.00000400. The van der Waals surface area contributed by atoms with E-state index in [4.69, 9.17) is 4.74 Å². The zero-order valence-corrected chi connectivity index (χ0v) is 23.2. The van der Waals surface area contributed by atoms with Crippen LogP contribution in [0.2, 0.25) is 0 Å². The van der Waals surface area contributed by atoms with Gasteiger partial charge in [0.05, 0.1) is 6.10 Å². The summed E-state index contributed by atoms with van der Waals surface area (Å²) in [6.07, 6.45) is 1.99. The third kappa shape index (κ3) is 6.42. The Morgan fingerprint density at radius 1 is 1.03 bits per heavy atom. The molecule has 0 radical (unpaired) electrons. The molecular weight excluding hydrogens is 506 g/mol. The monoisotopic (exact) mass is 545 g/mol. The van der Waals surface area contributed by atoms with Gasteiger partial charge in [-0.15, -0.1) is 12.4 Å². The summed E-state index contributed by atoms with van der Waals surface area (Å²) in [5, 5.41) is 22.9. The topological polar surface area (TPSA) is 102 Å². The summed E-state index contributed by atoms with van der Waals surface area (Å²) < 4.78 is 5.84. The molecule has 3 N–H and O–H groups in total. The van der Waals surface area contributed by atoms with Crippen molar-refractivity contribution in [3.8, 4) is 17.2 Å². The van der Waals surface area contributed by atoms with Gasteiger partial charge in [-0.1, -0.05) is 39.3 Å². The lowest BCUT2D eigenvalue weighted by atomic mass is 9.80. The molecule has 0 aromatic heterocycles. The van der Waals surface area contributed by atoms with Gasteiger partial charge in [-0.3, -0.25) is 14.5 Å². The highest BCUT2D eigenvalue weighted by atomic mass is 35.5. The third-order valence-corrected chi connectivity index (χ3v) is 7.60. The minimum Gasteiger partial charge on any atom is -0.508 e. The van der Waals surface area contributed by atoms with Gasteiger partial charge in [0.2, 0.25) is 11.8 Å². The first-order chi connectivity index (χ1) is 17.7. The highest BCUT2D eigenvalue weighted by Gasteiger charge is 2.54. The number of piperidine rings is 1. The second kappa shape index (κ2) is 12.8. The van der Waals surface area contributed by atoms with Crippen LogP contribution in [0.1, 0.15) is 52.0 Å². The zero-order valence-electron chi connectivity index (χ0n) is 22.4. The lowest BCUT2D eigenvalue weighted by Crippen LogP contribution is -2.74. The number of hydrogen-bond donors (Lipinski definition) is 3. The lowest BCUT2D eigenvalue weighted by Gasteiger charge is -2.52. The third-order valence-electron chi connectivity index (χ3n) is 7.60. The molecule has 208 valence electrons. The van der Waals surface area contributed by atoms with Crippen molar-refractivity contribution in [3.05, 3.63) is 54.1 Å². The Labute approximate surface area is 231 Å². The number of phenols is 1. The van der Waals surface area contributed by atoms with E-state index >= 15 is 0 Å². The number of unbranched alkanes of at least 4 members (excludes halogenated alkanes) is 1. The second-order valence-electron chi connectivity index (χ2n) is 10.6. The molecule has 2 fully saturated rings. The van der Waals surface area contributed by atoms with Crippen LogP contribution in [0.5, 0.6) is 17.2 Å². The number of piperazine rings is 1. The molecule has 8 nitrogen and oxygen atoms in total. The van der Waals surface area contributed by atoms with E-state index in [0.29, 0.717) is 44.0 Å². The number of likely N-dealkylation sites (tertiary alicyclic amines) is 1. The number of benzene rings is 2. The summed E-state index contributed by atoms with van der Waals surface area (Å²) in [5.74, 6) is 1.14. The van der Waals surface area contributed by atoms with E-state index in [0.717, 1.165) is 24.9 Å². The number of carbonyl (C=O) groups is 2. The van der Waals surface area contributed by atoms with E-state index in [9.17, 15) is 19.8 Å². The van der Waals surface area contributed by atoms with Crippen molar-refractivity contribution in [1.29, 1.82) is 0 Å². The van der Waals surface area contributed by atoms with Crippen LogP contribution in [0.15, 0.2) is 48.5 Å². The van der Waals surface area contributed by atoms with Crippen molar-refractivity contribution in [1.82, 2.24) is 15.1 Å². The van der Waals surface area contributed by atoms with Gasteiger partial charge < -0.3 is 25.2 Å². The highest BCUT2D eigenvalue weighted by Crippen LogP contribution is 2.35. The molecule has 38 heavy (non-hydrogen) atoms. The van der Waals surface area contributed by atoms with Crippen LogP contribution in [0.4, 0.5) is 0 Å². The van der Waals surface area contributed by atoms with Crippen molar-refractivity contribution in [2.75, 3.05) is 19.6 Å². The van der Waals surface area contributed by atoms with Crippen LogP contribution >= 0.6 is 12.4 Å². The molecule has 2 aliphatic rings. The molecule has 1 spiro atoms. The van der Waals surface area contributed by atoms with Gasteiger partial charge in [0, 0.05) is 26.2 Å². The molecule has 9 heteroatoms. The summed E-state index contributed by atoms with van der Waals surface area (Å²) in [4.78, 5) is 31.0. The lowest BCUT2D eigenvalue weighted by molar-refractivity contribution is -0.165. The molecule has 2 aromatic rings. The van der Waals surface area contributed by atoms with E-state index in [2.05, 4.69) is 17.1 Å². The molecule has 0 unspecified atom stereocenters. The number of hydrogen-bond acceptors (Lipinski definition) is 6. The summed E-state index contributed by atoms with van der Waals surface area (Å²) in [5.41, 5.74) is 0.291. The van der Waals surface area contributed by atoms with E-state index in [1.807, 2.05) is 38.1 Å². The first kappa shape index (κ1) is 29.7. The van der Waals surface area contributed by atoms with E-state index < -0.39 is 17.7 Å². The Bertz CT molecular complexity index is 1070. The van der Waals surface area contributed by atoms with E-state index in [-0.39, 0.29) is 35.9 Å². The molecule has 0 aliphatic carbocycles. The average Bonchev–Trinajstić information content (AvgIpc) is 2.89. The quantitative estimate of drug-likeness (QED) is 0.439. The Kier molecular flexibility index (Phi) is 10.0. The average molecular weight is 546 g/mol. The number of phenolic OH excluding ortho intramolecular Hbond substituents is 1.